The fraction of sp³-hybridized carbons (Fsp3) is 0.500. The van der Waals surface area contributed by atoms with Crippen LogP contribution in [0, 0.1) is 0 Å². The summed E-state index contributed by atoms with van der Waals surface area (Å²) in [7, 11) is 0. The van der Waals surface area contributed by atoms with E-state index in [1.165, 1.54) is 12.1 Å². The monoisotopic (exact) mass is 256 g/mol. The summed E-state index contributed by atoms with van der Waals surface area (Å²) in [5.74, 6) is -0.834. The average Bonchev–Trinajstić information content (AvgIpc) is 2.34. The molecule has 0 amide bonds. The van der Waals surface area contributed by atoms with Crippen molar-refractivity contribution in [2.24, 2.45) is 0 Å². The van der Waals surface area contributed by atoms with Crippen molar-refractivity contribution in [1.29, 1.82) is 0 Å². The van der Waals surface area contributed by atoms with Gasteiger partial charge in [-0.15, -0.1) is 0 Å². The molecule has 1 aromatic carbocycles. The molecule has 1 N–H and O–H groups in total. The largest absolute Gasteiger partial charge is 0.508 e. The SMILES string of the molecule is [3H]c1cc(C[C@H](OCC)C(=O)OC(C)C)cc([3H])c1O. The molecule has 0 heterocycles. The molecular weight excluding hydrogens is 232 g/mol. The Morgan fingerprint density at radius 3 is 2.56 bits per heavy atom. The van der Waals surface area contributed by atoms with Crippen LogP contribution in [-0.4, -0.2) is 29.9 Å². The number of aromatic hydroxyl groups is 1. The van der Waals surface area contributed by atoms with Gasteiger partial charge in [0.15, 0.2) is 6.10 Å². The predicted octanol–water partition coefficient (Wildman–Crippen LogP) is 2.29. The molecule has 1 atom stereocenters. The number of benzene rings is 1. The molecule has 18 heavy (non-hydrogen) atoms. The van der Waals surface area contributed by atoms with Gasteiger partial charge < -0.3 is 14.6 Å². The van der Waals surface area contributed by atoms with Gasteiger partial charge in [-0.3, -0.25) is 0 Å². The minimum absolute atomic E-state index is 0.139. The highest BCUT2D eigenvalue weighted by atomic mass is 16.6. The van der Waals surface area contributed by atoms with Gasteiger partial charge in [0.05, 0.1) is 8.85 Å². The number of hydrogen-bond donors (Lipinski definition) is 1. The molecule has 0 unspecified atom stereocenters. The molecule has 0 saturated carbocycles. The number of rotatable bonds is 6. The van der Waals surface area contributed by atoms with E-state index in [2.05, 4.69) is 0 Å². The lowest BCUT2D eigenvalue weighted by atomic mass is 10.1. The first-order valence-corrected chi connectivity index (χ1v) is 5.96. The molecule has 0 saturated heterocycles. The zero-order valence-corrected chi connectivity index (χ0v) is 10.9. The number of phenolic OH excluding ortho intramolecular Hbond substituents is 1. The molecule has 0 spiro atoms. The molecule has 0 radical (unpaired) electrons. The maximum absolute atomic E-state index is 11.9. The Morgan fingerprint density at radius 1 is 1.44 bits per heavy atom. The molecule has 100 valence electrons. The van der Waals surface area contributed by atoms with E-state index in [0.29, 0.717) is 12.2 Å². The fourth-order valence-corrected chi connectivity index (χ4v) is 1.46. The van der Waals surface area contributed by atoms with Crippen molar-refractivity contribution < 1.29 is 22.1 Å². The van der Waals surface area contributed by atoms with E-state index in [1.54, 1.807) is 20.8 Å². The van der Waals surface area contributed by atoms with Crippen LogP contribution in [0.15, 0.2) is 24.2 Å². The van der Waals surface area contributed by atoms with Gasteiger partial charge >= 0.3 is 5.97 Å². The predicted molar refractivity (Wildman–Crippen MR) is 68.5 cm³/mol. The van der Waals surface area contributed by atoms with Gasteiger partial charge in [0, 0.05) is 13.0 Å². The molecule has 0 aromatic heterocycles. The number of esters is 1. The first kappa shape index (κ1) is 11.5. The molecule has 4 heteroatoms. The lowest BCUT2D eigenvalue weighted by molar-refractivity contribution is -0.160. The zero-order valence-electron chi connectivity index (χ0n) is 12.9. The van der Waals surface area contributed by atoms with Crippen molar-refractivity contribution in [3.8, 4) is 5.75 Å². The van der Waals surface area contributed by atoms with Crippen LogP contribution >= 0.6 is 0 Å². The molecule has 1 rings (SSSR count). The maximum Gasteiger partial charge on any atom is 0.335 e. The average molecular weight is 256 g/mol. The van der Waals surface area contributed by atoms with Gasteiger partial charge in [-0.05, 0) is 38.4 Å². The van der Waals surface area contributed by atoms with E-state index in [4.69, 9.17) is 12.2 Å². The van der Waals surface area contributed by atoms with Crippen LogP contribution in [0.25, 0.3) is 0 Å². The van der Waals surface area contributed by atoms with E-state index in [-0.39, 0.29) is 30.4 Å². The van der Waals surface area contributed by atoms with Crippen molar-refractivity contribution in [1.82, 2.24) is 0 Å². The molecule has 0 aliphatic rings. The molecule has 4 nitrogen and oxygen atoms in total. The third-order valence-electron chi connectivity index (χ3n) is 2.19. The Bertz CT molecular complexity index is 451. The van der Waals surface area contributed by atoms with Crippen molar-refractivity contribution in [2.75, 3.05) is 6.61 Å². The number of carbonyl (C=O) groups is 1. The molecule has 1 aromatic rings. The fourth-order valence-electron chi connectivity index (χ4n) is 1.46. The van der Waals surface area contributed by atoms with Crippen LogP contribution in [0.4, 0.5) is 0 Å². The van der Waals surface area contributed by atoms with Gasteiger partial charge in [0.25, 0.3) is 0 Å². The second-order valence-corrected chi connectivity index (χ2v) is 4.13. The Kier molecular flexibility index (Phi) is 4.49. The number of carbonyl (C=O) groups excluding carboxylic acids is 1. The van der Waals surface area contributed by atoms with Gasteiger partial charge in [-0.25, -0.2) is 4.79 Å². The Hall–Kier alpha value is -1.55. The van der Waals surface area contributed by atoms with E-state index >= 15 is 0 Å². The first-order chi connectivity index (χ1) is 9.35. The van der Waals surface area contributed by atoms with Gasteiger partial charge in [-0.1, -0.05) is 12.1 Å². The van der Waals surface area contributed by atoms with Crippen molar-refractivity contribution in [2.45, 2.75) is 39.4 Å². The van der Waals surface area contributed by atoms with E-state index in [9.17, 15) is 9.90 Å². The lowest BCUT2D eigenvalue weighted by Crippen LogP contribution is -2.30. The highest BCUT2D eigenvalue weighted by Crippen LogP contribution is 2.13. The van der Waals surface area contributed by atoms with Gasteiger partial charge in [0.2, 0.25) is 0 Å². The van der Waals surface area contributed by atoms with Crippen LogP contribution in [-0.2, 0) is 20.7 Å². The molecular formula is C14H20O4. The summed E-state index contributed by atoms with van der Waals surface area (Å²) in [6, 6.07) is 2.56. The van der Waals surface area contributed by atoms with Crippen LogP contribution < -0.4 is 0 Å². The van der Waals surface area contributed by atoms with E-state index in [0.717, 1.165) is 0 Å². The third-order valence-corrected chi connectivity index (χ3v) is 2.19. The summed E-state index contributed by atoms with van der Waals surface area (Å²) in [6.45, 7) is 5.65. The van der Waals surface area contributed by atoms with Crippen LogP contribution in [0.1, 0.15) is 29.1 Å². The highest BCUT2D eigenvalue weighted by Gasteiger charge is 2.21. The summed E-state index contributed by atoms with van der Waals surface area (Å²) < 4.78 is 25.6. The third kappa shape index (κ3) is 4.75. The number of ether oxygens (including phenoxy) is 2. The summed E-state index contributed by atoms with van der Waals surface area (Å²) in [6.07, 6.45) is -0.799. The summed E-state index contributed by atoms with van der Waals surface area (Å²) in [5, 5.41) is 9.40. The first-order valence-electron chi connectivity index (χ1n) is 6.96. The normalized spacial score (nSPS) is 14.0. The van der Waals surface area contributed by atoms with Crippen molar-refractivity contribution in [3.05, 3.63) is 29.8 Å². The standard InChI is InChI=1S/C14H20O4/c1-4-17-13(14(16)18-10(2)3)9-11-5-7-12(15)8-6-11/h5-8,10,13,15H,4,9H2,1-3H3/t13-/m0/s1/i7T,8T. The van der Waals surface area contributed by atoms with Gasteiger partial charge in [0.1, 0.15) is 5.75 Å². The molecule has 0 aliphatic carbocycles. The smallest absolute Gasteiger partial charge is 0.335 e. The zero-order chi connectivity index (χ0) is 15.3. The van der Waals surface area contributed by atoms with Crippen LogP contribution in [0.3, 0.4) is 0 Å². The lowest BCUT2D eigenvalue weighted by Gasteiger charge is -2.17. The Balaban J connectivity index is 2.87. The van der Waals surface area contributed by atoms with E-state index in [1.807, 2.05) is 0 Å². The summed E-state index contributed by atoms with van der Waals surface area (Å²) >= 11 is 0. The Labute approximate surface area is 110 Å². The van der Waals surface area contributed by atoms with Crippen LogP contribution in [0.2, 0.25) is 0 Å². The second-order valence-electron chi connectivity index (χ2n) is 4.13. The van der Waals surface area contributed by atoms with Gasteiger partial charge in [-0.2, -0.15) is 0 Å². The highest BCUT2D eigenvalue weighted by molar-refractivity contribution is 5.75. The number of hydrogen-bond acceptors (Lipinski definition) is 4. The molecule has 0 aliphatic heterocycles. The maximum atomic E-state index is 11.9. The van der Waals surface area contributed by atoms with E-state index < -0.39 is 12.1 Å². The second kappa shape index (κ2) is 7.01. The Morgan fingerprint density at radius 2 is 2.06 bits per heavy atom. The van der Waals surface area contributed by atoms with Crippen molar-refractivity contribution >= 4 is 5.97 Å². The van der Waals surface area contributed by atoms with Crippen LogP contribution in [0.5, 0.6) is 5.75 Å². The van der Waals surface area contributed by atoms with Crippen molar-refractivity contribution in [3.63, 3.8) is 0 Å². The summed E-state index contributed by atoms with van der Waals surface area (Å²) in [4.78, 5) is 11.9. The summed E-state index contributed by atoms with van der Waals surface area (Å²) in [5.41, 5.74) is 0.581. The minimum Gasteiger partial charge on any atom is -0.508 e. The quantitative estimate of drug-likeness (QED) is 0.793. The molecule has 0 fully saturated rings. The number of phenols is 1. The topological polar surface area (TPSA) is 55.8 Å². The minimum atomic E-state index is -0.772. The molecule has 0 bridgehead atoms.